The summed E-state index contributed by atoms with van der Waals surface area (Å²) in [5.41, 5.74) is 0.249. The number of rotatable bonds is 2. The van der Waals surface area contributed by atoms with Crippen LogP contribution in [-0.4, -0.2) is 18.6 Å². The molecule has 0 unspecified atom stereocenters. The Bertz CT molecular complexity index is 561. The Morgan fingerprint density at radius 2 is 1.76 bits per heavy atom. The van der Waals surface area contributed by atoms with Gasteiger partial charge in [0.1, 0.15) is 5.82 Å². The van der Waals surface area contributed by atoms with E-state index in [-0.39, 0.29) is 17.0 Å². The van der Waals surface area contributed by atoms with Gasteiger partial charge in [-0.25, -0.2) is 17.1 Å². The van der Waals surface area contributed by atoms with Gasteiger partial charge in [-0.2, -0.15) is 0 Å². The van der Waals surface area contributed by atoms with E-state index >= 15 is 0 Å². The van der Waals surface area contributed by atoms with E-state index < -0.39 is 21.7 Å². The molecule has 0 atom stereocenters. The number of hydrogen-bond donors (Lipinski definition) is 0. The minimum absolute atomic E-state index is 0.115. The molecule has 1 saturated heterocycles. The van der Waals surface area contributed by atoms with E-state index in [0.717, 1.165) is 24.3 Å². The summed E-state index contributed by atoms with van der Waals surface area (Å²) >= 11 is 0. The van der Waals surface area contributed by atoms with Gasteiger partial charge in [-0.3, -0.25) is 4.79 Å². The largest absolute Gasteiger partial charge is 0.273 e. The van der Waals surface area contributed by atoms with Gasteiger partial charge in [-0.1, -0.05) is 6.58 Å². The predicted octanol–water partition coefficient (Wildman–Crippen LogP) is 1.65. The lowest BCUT2D eigenvalue weighted by molar-refractivity contribution is -0.123. The zero-order chi connectivity index (χ0) is 12.6. The first-order valence-electron chi connectivity index (χ1n) is 4.94. The van der Waals surface area contributed by atoms with Crippen molar-refractivity contribution >= 4 is 15.9 Å². The molecule has 1 aromatic carbocycles. The molecule has 4 nitrogen and oxygen atoms in total. The number of benzene rings is 1. The number of halogens is 1. The maximum Gasteiger partial charge on any atom is 0.270 e. The Morgan fingerprint density at radius 3 is 2.24 bits per heavy atom. The van der Waals surface area contributed by atoms with Crippen molar-refractivity contribution in [3.63, 3.8) is 0 Å². The summed E-state index contributed by atoms with van der Waals surface area (Å²) < 4.78 is 37.6. The van der Waals surface area contributed by atoms with E-state index in [1.807, 2.05) is 0 Å². The molecule has 2 rings (SSSR count). The average molecular weight is 255 g/mol. The predicted molar refractivity (Wildman–Crippen MR) is 58.8 cm³/mol. The van der Waals surface area contributed by atoms with Gasteiger partial charge in [0.25, 0.3) is 10.0 Å². The van der Waals surface area contributed by atoms with E-state index in [9.17, 15) is 17.6 Å². The van der Waals surface area contributed by atoms with Crippen molar-refractivity contribution in [3.8, 4) is 0 Å². The molecule has 1 heterocycles. The Kier molecular flexibility index (Phi) is 2.74. The fourth-order valence-corrected chi connectivity index (χ4v) is 3.13. The van der Waals surface area contributed by atoms with Crippen LogP contribution in [0.15, 0.2) is 41.4 Å². The van der Waals surface area contributed by atoms with Gasteiger partial charge in [0.05, 0.1) is 4.90 Å². The second-order valence-corrected chi connectivity index (χ2v) is 5.47. The lowest BCUT2D eigenvalue weighted by Crippen LogP contribution is -2.30. The van der Waals surface area contributed by atoms with Crippen LogP contribution in [0.2, 0.25) is 0 Å². The Balaban J connectivity index is 2.46. The van der Waals surface area contributed by atoms with Crippen molar-refractivity contribution in [1.29, 1.82) is 0 Å². The Labute approximate surface area is 98.4 Å². The van der Waals surface area contributed by atoms with Crippen molar-refractivity contribution in [2.24, 2.45) is 0 Å². The van der Waals surface area contributed by atoms with Crippen molar-refractivity contribution in [2.45, 2.75) is 17.7 Å². The molecular formula is C11H10FNO3S. The van der Waals surface area contributed by atoms with Crippen molar-refractivity contribution in [1.82, 2.24) is 4.31 Å². The van der Waals surface area contributed by atoms with E-state index in [4.69, 9.17) is 0 Å². The van der Waals surface area contributed by atoms with Crippen molar-refractivity contribution in [2.75, 3.05) is 0 Å². The Morgan fingerprint density at radius 1 is 1.18 bits per heavy atom. The third kappa shape index (κ3) is 1.95. The summed E-state index contributed by atoms with van der Waals surface area (Å²) in [5, 5.41) is 0. The van der Waals surface area contributed by atoms with Gasteiger partial charge in [-0.05, 0) is 30.7 Å². The van der Waals surface area contributed by atoms with Gasteiger partial charge in [-0.15, -0.1) is 0 Å². The van der Waals surface area contributed by atoms with E-state index in [0.29, 0.717) is 10.7 Å². The SMILES string of the molecule is C=C1CCC(=O)N1S(=O)(=O)c1ccc(F)cc1. The van der Waals surface area contributed by atoms with Gasteiger partial charge >= 0.3 is 0 Å². The van der Waals surface area contributed by atoms with Crippen LogP contribution in [0, 0.1) is 5.82 Å². The molecule has 0 aliphatic carbocycles. The molecule has 17 heavy (non-hydrogen) atoms. The third-order valence-electron chi connectivity index (χ3n) is 2.49. The van der Waals surface area contributed by atoms with Crippen molar-refractivity contribution < 1.29 is 17.6 Å². The number of nitrogens with zero attached hydrogens (tertiary/aromatic N) is 1. The quantitative estimate of drug-likeness (QED) is 0.807. The molecular weight excluding hydrogens is 245 g/mol. The van der Waals surface area contributed by atoms with Crippen LogP contribution in [0.25, 0.3) is 0 Å². The molecule has 1 aliphatic rings. The fourth-order valence-electron chi connectivity index (χ4n) is 1.65. The van der Waals surface area contributed by atoms with E-state index in [2.05, 4.69) is 6.58 Å². The number of hydrogen-bond acceptors (Lipinski definition) is 3. The monoisotopic (exact) mass is 255 g/mol. The van der Waals surface area contributed by atoms with Gasteiger partial charge in [0.15, 0.2) is 0 Å². The molecule has 90 valence electrons. The highest BCUT2D eigenvalue weighted by atomic mass is 32.2. The summed E-state index contributed by atoms with van der Waals surface area (Å²) in [7, 11) is -3.94. The van der Waals surface area contributed by atoms with Crippen LogP contribution in [0.1, 0.15) is 12.8 Å². The normalized spacial score (nSPS) is 16.6. The smallest absolute Gasteiger partial charge is 0.270 e. The third-order valence-corrected chi connectivity index (χ3v) is 4.30. The summed E-state index contributed by atoms with van der Waals surface area (Å²) in [5.74, 6) is -1.03. The zero-order valence-corrected chi connectivity index (χ0v) is 9.71. The number of allylic oxidation sites excluding steroid dienone is 1. The van der Waals surface area contributed by atoms with Crippen LogP contribution in [-0.2, 0) is 14.8 Å². The molecule has 0 saturated carbocycles. The molecule has 1 aliphatic heterocycles. The van der Waals surface area contributed by atoms with E-state index in [1.165, 1.54) is 0 Å². The second kappa shape index (κ2) is 3.96. The Hall–Kier alpha value is -1.69. The maximum atomic E-state index is 12.7. The highest BCUT2D eigenvalue weighted by Gasteiger charge is 2.35. The minimum Gasteiger partial charge on any atom is -0.273 e. The van der Waals surface area contributed by atoms with Gasteiger partial charge in [0.2, 0.25) is 5.91 Å². The van der Waals surface area contributed by atoms with E-state index in [1.54, 1.807) is 0 Å². The lowest BCUT2D eigenvalue weighted by Gasteiger charge is -2.17. The summed E-state index contributed by atoms with van der Waals surface area (Å²) in [4.78, 5) is 11.4. The topological polar surface area (TPSA) is 54.5 Å². The zero-order valence-electron chi connectivity index (χ0n) is 8.89. The lowest BCUT2D eigenvalue weighted by atomic mass is 10.3. The fraction of sp³-hybridized carbons (Fsp3) is 0.182. The second-order valence-electron chi connectivity index (χ2n) is 3.68. The summed E-state index contributed by atoms with van der Waals surface area (Å²) in [6, 6.07) is 4.33. The van der Waals surface area contributed by atoms with Crippen LogP contribution < -0.4 is 0 Å². The molecule has 0 N–H and O–H groups in total. The first kappa shape index (κ1) is 11.8. The number of carbonyl (C=O) groups is 1. The van der Waals surface area contributed by atoms with Crippen LogP contribution in [0.4, 0.5) is 4.39 Å². The minimum atomic E-state index is -3.94. The number of sulfonamides is 1. The van der Waals surface area contributed by atoms with Crippen LogP contribution in [0.5, 0.6) is 0 Å². The molecule has 1 amide bonds. The average Bonchev–Trinajstić information content (AvgIpc) is 2.59. The standard InChI is InChI=1S/C11H10FNO3S/c1-8-2-7-11(14)13(8)17(15,16)10-5-3-9(12)4-6-10/h3-6H,1-2,7H2. The van der Waals surface area contributed by atoms with Gasteiger partial charge < -0.3 is 0 Å². The summed E-state index contributed by atoms with van der Waals surface area (Å²) in [6.07, 6.45) is 0.471. The molecule has 0 radical (unpaired) electrons. The first-order chi connectivity index (χ1) is 7.93. The molecule has 6 heteroatoms. The van der Waals surface area contributed by atoms with Crippen molar-refractivity contribution in [3.05, 3.63) is 42.4 Å². The maximum absolute atomic E-state index is 12.7. The molecule has 1 fully saturated rings. The highest BCUT2D eigenvalue weighted by Crippen LogP contribution is 2.28. The molecule has 0 spiro atoms. The molecule has 0 bridgehead atoms. The summed E-state index contributed by atoms with van der Waals surface area (Å²) in [6.45, 7) is 3.55. The van der Waals surface area contributed by atoms with Crippen LogP contribution in [0.3, 0.4) is 0 Å². The molecule has 0 aromatic heterocycles. The number of amides is 1. The number of carbonyl (C=O) groups excluding carboxylic acids is 1. The van der Waals surface area contributed by atoms with Gasteiger partial charge in [0, 0.05) is 12.1 Å². The van der Waals surface area contributed by atoms with Crippen LogP contribution >= 0.6 is 0 Å². The highest BCUT2D eigenvalue weighted by molar-refractivity contribution is 7.89. The molecule has 1 aromatic rings. The first-order valence-corrected chi connectivity index (χ1v) is 6.38.